The van der Waals surface area contributed by atoms with Crippen LogP contribution >= 0.6 is 15.9 Å². The molecule has 1 aromatic carbocycles. The van der Waals surface area contributed by atoms with Crippen molar-refractivity contribution in [3.8, 4) is 0 Å². The quantitative estimate of drug-likeness (QED) is 0.776. The second-order valence-corrected chi connectivity index (χ2v) is 4.14. The van der Waals surface area contributed by atoms with Crippen LogP contribution in [0.25, 0.3) is 0 Å². The Labute approximate surface area is 81.3 Å². The lowest BCUT2D eigenvalue weighted by Crippen LogP contribution is -2.12. The third-order valence-electron chi connectivity index (χ3n) is 2.53. The molecule has 0 spiro atoms. The van der Waals surface area contributed by atoms with E-state index in [0.29, 0.717) is 6.04 Å². The van der Waals surface area contributed by atoms with Gasteiger partial charge in [0.05, 0.1) is 0 Å². The SMILES string of the molecule is CNC1CCc2ccc(Br)cc21. The summed E-state index contributed by atoms with van der Waals surface area (Å²) >= 11 is 3.49. The number of fused-ring (bicyclic) bond motifs is 1. The molecule has 0 saturated carbocycles. The van der Waals surface area contributed by atoms with Gasteiger partial charge < -0.3 is 5.32 Å². The highest BCUT2D eigenvalue weighted by atomic mass is 79.9. The zero-order chi connectivity index (χ0) is 8.55. The zero-order valence-corrected chi connectivity index (χ0v) is 8.69. The van der Waals surface area contributed by atoms with Gasteiger partial charge in [-0.05, 0) is 43.1 Å². The van der Waals surface area contributed by atoms with Crippen LogP contribution < -0.4 is 5.32 Å². The van der Waals surface area contributed by atoms with Crippen LogP contribution in [0.15, 0.2) is 22.7 Å². The average molecular weight is 226 g/mol. The van der Waals surface area contributed by atoms with Crippen molar-refractivity contribution in [2.75, 3.05) is 7.05 Å². The first kappa shape index (κ1) is 8.27. The molecule has 0 fully saturated rings. The van der Waals surface area contributed by atoms with Gasteiger partial charge in [0.25, 0.3) is 0 Å². The highest BCUT2D eigenvalue weighted by molar-refractivity contribution is 9.10. The molecule has 0 saturated heterocycles. The first-order valence-corrected chi connectivity index (χ1v) is 5.06. The highest BCUT2D eigenvalue weighted by Gasteiger charge is 2.20. The summed E-state index contributed by atoms with van der Waals surface area (Å²) in [5.74, 6) is 0. The van der Waals surface area contributed by atoms with E-state index in [0.717, 1.165) is 0 Å². The number of hydrogen-bond donors (Lipinski definition) is 1. The summed E-state index contributed by atoms with van der Waals surface area (Å²) < 4.78 is 1.18. The maximum atomic E-state index is 3.49. The van der Waals surface area contributed by atoms with E-state index in [1.807, 2.05) is 7.05 Å². The van der Waals surface area contributed by atoms with Gasteiger partial charge in [-0.15, -0.1) is 0 Å². The van der Waals surface area contributed by atoms with Crippen LogP contribution in [0, 0.1) is 0 Å². The van der Waals surface area contributed by atoms with Crippen molar-refractivity contribution in [1.29, 1.82) is 0 Å². The Morgan fingerprint density at radius 2 is 2.33 bits per heavy atom. The minimum absolute atomic E-state index is 0.567. The first-order valence-electron chi connectivity index (χ1n) is 4.27. The predicted molar refractivity (Wildman–Crippen MR) is 54.3 cm³/mol. The zero-order valence-electron chi connectivity index (χ0n) is 7.10. The van der Waals surface area contributed by atoms with Gasteiger partial charge in [0.15, 0.2) is 0 Å². The lowest BCUT2D eigenvalue weighted by molar-refractivity contribution is 0.590. The molecule has 0 radical (unpaired) electrons. The Morgan fingerprint density at radius 3 is 3.08 bits per heavy atom. The third kappa shape index (κ3) is 1.29. The Balaban J connectivity index is 2.42. The van der Waals surface area contributed by atoms with E-state index in [2.05, 4.69) is 39.4 Å². The molecule has 64 valence electrons. The fourth-order valence-corrected chi connectivity index (χ4v) is 2.25. The molecule has 1 aliphatic carbocycles. The molecule has 1 N–H and O–H groups in total. The fraction of sp³-hybridized carbons (Fsp3) is 0.400. The van der Waals surface area contributed by atoms with Crippen molar-refractivity contribution in [2.45, 2.75) is 18.9 Å². The molecule has 1 atom stereocenters. The maximum absolute atomic E-state index is 3.49. The van der Waals surface area contributed by atoms with E-state index in [1.165, 1.54) is 28.4 Å². The van der Waals surface area contributed by atoms with Crippen LogP contribution in [-0.4, -0.2) is 7.05 Å². The molecule has 12 heavy (non-hydrogen) atoms. The molecule has 2 heteroatoms. The lowest BCUT2D eigenvalue weighted by atomic mass is 10.1. The molecule has 0 heterocycles. The lowest BCUT2D eigenvalue weighted by Gasteiger charge is -2.09. The standard InChI is InChI=1S/C10H12BrN/c1-12-10-5-3-7-2-4-8(11)6-9(7)10/h2,4,6,10,12H,3,5H2,1H3. The van der Waals surface area contributed by atoms with Gasteiger partial charge in [0, 0.05) is 10.5 Å². The topological polar surface area (TPSA) is 12.0 Å². The van der Waals surface area contributed by atoms with Crippen molar-refractivity contribution in [3.05, 3.63) is 33.8 Å². The van der Waals surface area contributed by atoms with Crippen LogP contribution in [0.4, 0.5) is 0 Å². The largest absolute Gasteiger partial charge is 0.313 e. The summed E-state index contributed by atoms with van der Waals surface area (Å²) in [7, 11) is 2.03. The fourth-order valence-electron chi connectivity index (χ4n) is 1.87. The molecule has 0 bridgehead atoms. The smallest absolute Gasteiger partial charge is 0.0323 e. The predicted octanol–water partition coefficient (Wildman–Crippen LogP) is 2.66. The van der Waals surface area contributed by atoms with Crippen molar-refractivity contribution < 1.29 is 0 Å². The molecular weight excluding hydrogens is 214 g/mol. The Morgan fingerprint density at radius 1 is 1.50 bits per heavy atom. The maximum Gasteiger partial charge on any atom is 0.0323 e. The van der Waals surface area contributed by atoms with Gasteiger partial charge >= 0.3 is 0 Å². The summed E-state index contributed by atoms with van der Waals surface area (Å²) in [4.78, 5) is 0. The Kier molecular flexibility index (Phi) is 2.20. The van der Waals surface area contributed by atoms with E-state index in [9.17, 15) is 0 Å². The van der Waals surface area contributed by atoms with Crippen molar-refractivity contribution >= 4 is 15.9 Å². The van der Waals surface area contributed by atoms with Gasteiger partial charge in [0.1, 0.15) is 0 Å². The summed E-state index contributed by atoms with van der Waals surface area (Å²) in [6.45, 7) is 0. The normalized spacial score (nSPS) is 21.0. The second kappa shape index (κ2) is 3.19. The van der Waals surface area contributed by atoms with Crippen LogP contribution in [0.3, 0.4) is 0 Å². The monoisotopic (exact) mass is 225 g/mol. The van der Waals surface area contributed by atoms with Gasteiger partial charge in [-0.2, -0.15) is 0 Å². The molecule has 0 aliphatic heterocycles. The van der Waals surface area contributed by atoms with Gasteiger partial charge in [0.2, 0.25) is 0 Å². The van der Waals surface area contributed by atoms with Crippen molar-refractivity contribution in [1.82, 2.24) is 5.32 Å². The summed E-state index contributed by atoms with van der Waals surface area (Å²) in [5.41, 5.74) is 2.96. The molecule has 2 rings (SSSR count). The van der Waals surface area contributed by atoms with E-state index in [1.54, 1.807) is 0 Å². The van der Waals surface area contributed by atoms with Gasteiger partial charge in [-0.1, -0.05) is 22.0 Å². The number of hydrogen-bond acceptors (Lipinski definition) is 1. The van der Waals surface area contributed by atoms with Gasteiger partial charge in [-0.25, -0.2) is 0 Å². The highest BCUT2D eigenvalue weighted by Crippen LogP contribution is 2.32. The molecule has 1 aliphatic rings. The number of aryl methyl sites for hydroxylation is 1. The minimum Gasteiger partial charge on any atom is -0.313 e. The average Bonchev–Trinajstić information content (AvgIpc) is 2.46. The number of halogens is 1. The Bertz CT molecular complexity index is 296. The second-order valence-electron chi connectivity index (χ2n) is 3.22. The van der Waals surface area contributed by atoms with E-state index in [4.69, 9.17) is 0 Å². The van der Waals surface area contributed by atoms with Gasteiger partial charge in [-0.3, -0.25) is 0 Å². The molecule has 1 aromatic rings. The van der Waals surface area contributed by atoms with Crippen molar-refractivity contribution in [2.24, 2.45) is 0 Å². The first-order chi connectivity index (χ1) is 5.81. The Hall–Kier alpha value is -0.340. The molecule has 1 unspecified atom stereocenters. The third-order valence-corrected chi connectivity index (χ3v) is 3.03. The summed E-state index contributed by atoms with van der Waals surface area (Å²) in [6, 6.07) is 7.13. The summed E-state index contributed by atoms with van der Waals surface area (Å²) in [5, 5.41) is 3.33. The van der Waals surface area contributed by atoms with Crippen LogP contribution in [0.5, 0.6) is 0 Å². The molecule has 1 nitrogen and oxygen atoms in total. The van der Waals surface area contributed by atoms with Crippen LogP contribution in [0.1, 0.15) is 23.6 Å². The van der Waals surface area contributed by atoms with E-state index >= 15 is 0 Å². The summed E-state index contributed by atoms with van der Waals surface area (Å²) in [6.07, 6.45) is 2.45. The van der Waals surface area contributed by atoms with E-state index in [-0.39, 0.29) is 0 Å². The van der Waals surface area contributed by atoms with Crippen molar-refractivity contribution in [3.63, 3.8) is 0 Å². The van der Waals surface area contributed by atoms with Crippen LogP contribution in [-0.2, 0) is 6.42 Å². The van der Waals surface area contributed by atoms with E-state index < -0.39 is 0 Å². The molecule has 0 amide bonds. The number of benzene rings is 1. The molecule has 0 aromatic heterocycles. The number of nitrogens with one attached hydrogen (secondary N) is 1. The van der Waals surface area contributed by atoms with Crippen LogP contribution in [0.2, 0.25) is 0 Å². The minimum atomic E-state index is 0.567. The molecular formula is C10H12BrN. The number of rotatable bonds is 1.